The van der Waals surface area contributed by atoms with Gasteiger partial charge in [0.05, 0.1) is 0 Å². The normalized spacial score (nSPS) is 31.7. The molecule has 0 aromatic carbocycles. The van der Waals surface area contributed by atoms with Crippen molar-refractivity contribution in [1.29, 1.82) is 0 Å². The van der Waals surface area contributed by atoms with Gasteiger partial charge in [0.15, 0.2) is 0 Å². The molecule has 0 radical (unpaired) electrons. The van der Waals surface area contributed by atoms with Crippen LogP contribution < -0.4 is 5.73 Å². The molecule has 0 amide bonds. The second-order valence-electron chi connectivity index (χ2n) is 2.18. The maximum Gasteiger partial charge on any atom is 0.0390 e. The molecular formula is C8H10IN. The van der Waals surface area contributed by atoms with Crippen LogP contribution >= 0.6 is 22.6 Å². The number of alkyl halides is 1. The lowest BCUT2D eigenvalue weighted by atomic mass is 10.0. The average Bonchev–Trinajstić information content (AvgIpc) is 1.94. The lowest BCUT2D eigenvalue weighted by Gasteiger charge is -2.13. The molecule has 1 aliphatic carbocycles. The fourth-order valence-electron chi connectivity index (χ4n) is 0.896. The van der Waals surface area contributed by atoms with Crippen LogP contribution in [0.2, 0.25) is 0 Å². The number of halogens is 1. The van der Waals surface area contributed by atoms with E-state index in [2.05, 4.69) is 46.9 Å². The van der Waals surface area contributed by atoms with Crippen LogP contribution in [0.25, 0.3) is 0 Å². The zero-order valence-electron chi connectivity index (χ0n) is 5.57. The van der Waals surface area contributed by atoms with Crippen molar-refractivity contribution in [1.82, 2.24) is 0 Å². The van der Waals surface area contributed by atoms with Crippen LogP contribution in [0.15, 0.2) is 36.6 Å². The predicted molar refractivity (Wildman–Crippen MR) is 52.9 cm³/mol. The third-order valence-corrected chi connectivity index (χ3v) is 2.69. The summed E-state index contributed by atoms with van der Waals surface area (Å²) in [5.74, 6) is 0.482. The standard InChI is InChI=1S/C8H10IN/c9-8-4-2-1-3-7(8)5-6-10/h1-8H,10H2/b6-5-. The summed E-state index contributed by atoms with van der Waals surface area (Å²) in [7, 11) is 0. The van der Waals surface area contributed by atoms with Crippen molar-refractivity contribution in [2.24, 2.45) is 11.7 Å². The molecule has 1 nitrogen and oxygen atoms in total. The second-order valence-corrected chi connectivity index (χ2v) is 3.61. The molecule has 2 atom stereocenters. The minimum absolute atomic E-state index is 0.482. The van der Waals surface area contributed by atoms with E-state index in [-0.39, 0.29) is 0 Å². The molecule has 0 saturated heterocycles. The Morgan fingerprint density at radius 2 is 2.00 bits per heavy atom. The Morgan fingerprint density at radius 1 is 1.30 bits per heavy atom. The molecule has 0 bridgehead atoms. The van der Waals surface area contributed by atoms with Crippen LogP contribution in [0.5, 0.6) is 0 Å². The van der Waals surface area contributed by atoms with Crippen molar-refractivity contribution in [2.75, 3.05) is 0 Å². The Balaban J connectivity index is 2.61. The number of nitrogens with two attached hydrogens (primary N) is 1. The Kier molecular flexibility index (Phi) is 2.99. The van der Waals surface area contributed by atoms with Crippen molar-refractivity contribution >= 4 is 22.6 Å². The van der Waals surface area contributed by atoms with Crippen LogP contribution in [0.4, 0.5) is 0 Å². The predicted octanol–water partition coefficient (Wildman–Crippen LogP) is 2.00. The first-order valence-electron chi connectivity index (χ1n) is 3.22. The van der Waals surface area contributed by atoms with Gasteiger partial charge < -0.3 is 5.73 Å². The van der Waals surface area contributed by atoms with Crippen LogP contribution in [0.1, 0.15) is 0 Å². The van der Waals surface area contributed by atoms with E-state index >= 15 is 0 Å². The van der Waals surface area contributed by atoms with Gasteiger partial charge in [-0.15, -0.1) is 0 Å². The molecule has 0 fully saturated rings. The Bertz CT molecular complexity index is 182. The van der Waals surface area contributed by atoms with Crippen LogP contribution in [0, 0.1) is 5.92 Å². The van der Waals surface area contributed by atoms with Gasteiger partial charge in [-0.2, -0.15) is 0 Å². The molecule has 0 heterocycles. The summed E-state index contributed by atoms with van der Waals surface area (Å²) in [6.07, 6.45) is 12.1. The molecule has 2 heteroatoms. The smallest absolute Gasteiger partial charge is 0.0390 e. The topological polar surface area (TPSA) is 26.0 Å². The summed E-state index contributed by atoms with van der Waals surface area (Å²) in [6.45, 7) is 0. The fraction of sp³-hybridized carbons (Fsp3) is 0.250. The zero-order valence-corrected chi connectivity index (χ0v) is 7.73. The van der Waals surface area contributed by atoms with Gasteiger partial charge in [-0.25, -0.2) is 0 Å². The highest BCUT2D eigenvalue weighted by atomic mass is 127. The van der Waals surface area contributed by atoms with Gasteiger partial charge in [0.1, 0.15) is 0 Å². The van der Waals surface area contributed by atoms with Crippen LogP contribution in [-0.4, -0.2) is 3.92 Å². The molecule has 0 aromatic rings. The molecule has 1 rings (SSSR count). The Morgan fingerprint density at radius 3 is 2.60 bits per heavy atom. The Hall–Kier alpha value is -0.250. The van der Waals surface area contributed by atoms with E-state index in [9.17, 15) is 0 Å². The van der Waals surface area contributed by atoms with Gasteiger partial charge in [-0.05, 0) is 6.20 Å². The maximum absolute atomic E-state index is 5.28. The third kappa shape index (κ3) is 1.87. The fourth-order valence-corrected chi connectivity index (χ4v) is 1.61. The van der Waals surface area contributed by atoms with Crippen LogP contribution in [0.3, 0.4) is 0 Å². The highest BCUT2D eigenvalue weighted by Gasteiger charge is 2.10. The summed E-state index contributed by atoms with van der Waals surface area (Å²) in [5, 5.41) is 0. The van der Waals surface area contributed by atoms with E-state index in [4.69, 9.17) is 5.73 Å². The third-order valence-electron chi connectivity index (χ3n) is 1.44. The monoisotopic (exact) mass is 247 g/mol. The average molecular weight is 247 g/mol. The summed E-state index contributed by atoms with van der Waals surface area (Å²) in [4.78, 5) is 0. The van der Waals surface area contributed by atoms with Gasteiger partial charge >= 0.3 is 0 Å². The van der Waals surface area contributed by atoms with Gasteiger partial charge in [-0.1, -0.05) is 53.0 Å². The molecule has 2 unspecified atom stereocenters. The minimum atomic E-state index is 0.482. The first-order valence-corrected chi connectivity index (χ1v) is 4.46. The molecule has 0 aliphatic heterocycles. The summed E-state index contributed by atoms with van der Waals surface area (Å²) in [5.41, 5.74) is 5.28. The SMILES string of the molecule is N/C=C\C1C=CC=CC1I. The number of allylic oxidation sites excluding steroid dienone is 5. The first kappa shape index (κ1) is 7.85. The first-order chi connectivity index (χ1) is 4.84. The summed E-state index contributed by atoms with van der Waals surface area (Å²) in [6, 6.07) is 0. The van der Waals surface area contributed by atoms with Gasteiger partial charge in [0.2, 0.25) is 0 Å². The van der Waals surface area contributed by atoms with E-state index in [0.717, 1.165) is 0 Å². The highest BCUT2D eigenvalue weighted by molar-refractivity contribution is 14.1. The summed E-state index contributed by atoms with van der Waals surface area (Å²) < 4.78 is 0.558. The Labute approximate surface area is 74.8 Å². The minimum Gasteiger partial charge on any atom is -0.405 e. The van der Waals surface area contributed by atoms with E-state index in [0.29, 0.717) is 9.84 Å². The lowest BCUT2D eigenvalue weighted by molar-refractivity contribution is 0.861. The molecule has 2 N–H and O–H groups in total. The van der Waals surface area contributed by atoms with E-state index in [1.165, 1.54) is 0 Å². The van der Waals surface area contributed by atoms with Crippen molar-refractivity contribution in [3.8, 4) is 0 Å². The van der Waals surface area contributed by atoms with Gasteiger partial charge in [-0.3, -0.25) is 0 Å². The van der Waals surface area contributed by atoms with Crippen LogP contribution in [-0.2, 0) is 0 Å². The van der Waals surface area contributed by atoms with E-state index in [1.807, 2.05) is 6.08 Å². The molecular weight excluding hydrogens is 237 g/mol. The van der Waals surface area contributed by atoms with E-state index in [1.54, 1.807) is 6.20 Å². The van der Waals surface area contributed by atoms with Crippen molar-refractivity contribution in [3.05, 3.63) is 36.6 Å². The number of hydrogen-bond donors (Lipinski definition) is 1. The second kappa shape index (κ2) is 3.81. The number of rotatable bonds is 1. The molecule has 10 heavy (non-hydrogen) atoms. The lowest BCUT2D eigenvalue weighted by Crippen LogP contribution is -2.08. The largest absolute Gasteiger partial charge is 0.405 e. The van der Waals surface area contributed by atoms with Crippen molar-refractivity contribution < 1.29 is 0 Å². The summed E-state index contributed by atoms with van der Waals surface area (Å²) >= 11 is 2.40. The van der Waals surface area contributed by atoms with Gasteiger partial charge in [0, 0.05) is 9.84 Å². The van der Waals surface area contributed by atoms with E-state index < -0.39 is 0 Å². The quantitative estimate of drug-likeness (QED) is 0.556. The molecule has 0 saturated carbocycles. The van der Waals surface area contributed by atoms with Crippen molar-refractivity contribution in [3.63, 3.8) is 0 Å². The zero-order chi connectivity index (χ0) is 7.40. The van der Waals surface area contributed by atoms with Gasteiger partial charge in [0.25, 0.3) is 0 Å². The molecule has 54 valence electrons. The molecule has 0 aromatic heterocycles. The van der Waals surface area contributed by atoms with Crippen molar-refractivity contribution in [2.45, 2.75) is 3.92 Å². The number of hydrogen-bond acceptors (Lipinski definition) is 1. The molecule has 1 aliphatic rings. The maximum atomic E-state index is 5.28. The highest BCUT2D eigenvalue weighted by Crippen LogP contribution is 2.21. The molecule has 0 spiro atoms.